The number of non-ortho nitro benzene ring substituents is 1. The lowest BCUT2D eigenvalue weighted by Crippen LogP contribution is -1.86. The van der Waals surface area contributed by atoms with E-state index < -0.39 is 4.92 Å². The van der Waals surface area contributed by atoms with Gasteiger partial charge in [-0.1, -0.05) is 12.1 Å². The third-order valence-electron chi connectivity index (χ3n) is 4.36. The van der Waals surface area contributed by atoms with Crippen molar-refractivity contribution in [2.24, 2.45) is 4.99 Å². The molecule has 0 radical (unpaired) electrons. The van der Waals surface area contributed by atoms with Gasteiger partial charge in [-0.3, -0.25) is 15.1 Å². The van der Waals surface area contributed by atoms with E-state index >= 15 is 0 Å². The van der Waals surface area contributed by atoms with Crippen LogP contribution in [0, 0.1) is 17.0 Å². The number of hydrogen-bond acceptors (Lipinski definition) is 5. The fourth-order valence-corrected chi connectivity index (χ4v) is 3.91. The molecule has 1 aromatic heterocycles. The molecule has 0 fully saturated rings. The van der Waals surface area contributed by atoms with Crippen molar-refractivity contribution in [3.05, 3.63) is 94.0 Å². The number of allylic oxidation sites excluding steroid dienone is 1. The quantitative estimate of drug-likeness (QED) is 0.216. The van der Waals surface area contributed by atoms with Crippen molar-refractivity contribution in [2.45, 2.75) is 6.92 Å². The molecule has 4 aromatic rings. The molecule has 0 saturated carbocycles. The molecule has 0 unspecified atom stereocenters. The van der Waals surface area contributed by atoms with E-state index in [1.54, 1.807) is 29.7 Å². The predicted molar refractivity (Wildman–Crippen MR) is 120 cm³/mol. The van der Waals surface area contributed by atoms with E-state index in [1.807, 2.05) is 36.4 Å². The van der Waals surface area contributed by atoms with Crippen LogP contribution in [0.25, 0.3) is 26.9 Å². The summed E-state index contributed by atoms with van der Waals surface area (Å²) in [5.74, 6) is 0. The molecule has 142 valence electrons. The van der Waals surface area contributed by atoms with Crippen molar-refractivity contribution in [1.82, 2.24) is 4.98 Å². The highest BCUT2D eigenvalue weighted by atomic mass is 32.1. The summed E-state index contributed by atoms with van der Waals surface area (Å²) < 4.78 is 1.19. The van der Waals surface area contributed by atoms with Gasteiger partial charge in [-0.2, -0.15) is 0 Å². The second-order valence-corrected chi connectivity index (χ2v) is 7.55. The van der Waals surface area contributed by atoms with E-state index in [-0.39, 0.29) is 5.69 Å². The molecule has 6 heteroatoms. The molecule has 29 heavy (non-hydrogen) atoms. The van der Waals surface area contributed by atoms with Gasteiger partial charge in [0.05, 0.1) is 20.8 Å². The number of hydrogen-bond donors (Lipinski definition) is 0. The zero-order valence-electron chi connectivity index (χ0n) is 15.6. The number of rotatable bonds is 5. The summed E-state index contributed by atoms with van der Waals surface area (Å²) in [5.41, 5.74) is 5.14. The number of nitro benzene ring substituents is 1. The smallest absolute Gasteiger partial charge is 0.258 e. The molecule has 4 rings (SSSR count). The van der Waals surface area contributed by atoms with Crippen LogP contribution in [0.15, 0.2) is 77.8 Å². The van der Waals surface area contributed by atoms with Crippen LogP contribution in [0.3, 0.4) is 0 Å². The van der Waals surface area contributed by atoms with Gasteiger partial charge in [0.1, 0.15) is 5.01 Å². The maximum atomic E-state index is 10.7. The third-order valence-corrected chi connectivity index (χ3v) is 5.43. The topological polar surface area (TPSA) is 68.4 Å². The molecule has 0 N–H and O–H groups in total. The zero-order valence-corrected chi connectivity index (χ0v) is 16.5. The zero-order chi connectivity index (χ0) is 20.2. The molecule has 3 aromatic carbocycles. The number of nitrogens with zero attached hydrogens (tertiary/aromatic N) is 3. The van der Waals surface area contributed by atoms with Gasteiger partial charge in [-0.05, 0) is 72.7 Å². The monoisotopic (exact) mass is 399 g/mol. The Bertz CT molecular complexity index is 1220. The molecule has 0 aliphatic heterocycles. The van der Waals surface area contributed by atoms with Crippen LogP contribution >= 0.6 is 11.3 Å². The Labute approximate surface area is 171 Å². The summed E-state index contributed by atoms with van der Waals surface area (Å²) >= 11 is 1.69. The van der Waals surface area contributed by atoms with Crippen molar-refractivity contribution in [3.63, 3.8) is 0 Å². The number of fused-ring (bicyclic) bond motifs is 1. The van der Waals surface area contributed by atoms with E-state index in [2.05, 4.69) is 30.1 Å². The molecule has 5 nitrogen and oxygen atoms in total. The van der Waals surface area contributed by atoms with Gasteiger partial charge >= 0.3 is 0 Å². The fourth-order valence-electron chi connectivity index (χ4n) is 2.84. The molecule has 0 aliphatic carbocycles. The highest BCUT2D eigenvalue weighted by Gasteiger charge is 2.06. The van der Waals surface area contributed by atoms with Gasteiger partial charge in [0.2, 0.25) is 0 Å². The molecule has 0 bridgehead atoms. The molecule has 0 atom stereocenters. The van der Waals surface area contributed by atoms with E-state index in [0.29, 0.717) is 0 Å². The minimum atomic E-state index is -0.409. The Kier molecular flexibility index (Phi) is 5.27. The Morgan fingerprint density at radius 1 is 1.03 bits per heavy atom. The fraction of sp³-hybridized carbons (Fsp3) is 0.0435. The maximum absolute atomic E-state index is 10.7. The summed E-state index contributed by atoms with van der Waals surface area (Å²) in [6, 6.07) is 20.6. The Hall–Kier alpha value is -3.64. The lowest BCUT2D eigenvalue weighted by Gasteiger charge is -1.97. The van der Waals surface area contributed by atoms with Crippen molar-refractivity contribution in [2.75, 3.05) is 0 Å². The molecule has 1 heterocycles. The number of aliphatic imine (C=N–C) groups is 1. The van der Waals surface area contributed by atoms with E-state index in [1.165, 1.54) is 22.4 Å². The van der Waals surface area contributed by atoms with Crippen molar-refractivity contribution in [1.29, 1.82) is 0 Å². The van der Waals surface area contributed by atoms with Gasteiger partial charge in [0.25, 0.3) is 5.69 Å². The van der Waals surface area contributed by atoms with Crippen molar-refractivity contribution < 1.29 is 4.92 Å². The van der Waals surface area contributed by atoms with Crippen LogP contribution in [0.1, 0.15) is 11.1 Å². The van der Waals surface area contributed by atoms with Crippen LogP contribution < -0.4 is 0 Å². The summed E-state index contributed by atoms with van der Waals surface area (Å²) in [6.45, 7) is 2.09. The van der Waals surface area contributed by atoms with Crippen LogP contribution in [0.2, 0.25) is 0 Å². The summed E-state index contributed by atoms with van der Waals surface area (Å²) in [7, 11) is 0. The standard InChI is InChI=1S/C23H17N3O2S/c1-16-4-13-21-22(15-16)29-23(25-21)18-7-9-19(10-8-18)24-14-2-3-17-5-11-20(12-6-17)26(27)28/h2-15H,1H3/b3-2+,24-14?. The van der Waals surface area contributed by atoms with Gasteiger partial charge < -0.3 is 0 Å². The number of aromatic nitrogens is 1. The molecule has 0 amide bonds. The number of thiazole rings is 1. The highest BCUT2D eigenvalue weighted by molar-refractivity contribution is 7.21. The van der Waals surface area contributed by atoms with E-state index in [0.717, 1.165) is 27.3 Å². The number of benzene rings is 3. The largest absolute Gasteiger partial charge is 0.269 e. The second-order valence-electron chi connectivity index (χ2n) is 6.52. The SMILES string of the molecule is Cc1ccc2nc(-c3ccc(N=C/C=C/c4ccc([N+](=O)[O-])cc4)cc3)sc2c1. The first-order valence-corrected chi connectivity index (χ1v) is 9.83. The van der Waals surface area contributed by atoms with E-state index in [9.17, 15) is 10.1 Å². The van der Waals surface area contributed by atoms with Crippen LogP contribution in [-0.4, -0.2) is 16.1 Å². The summed E-state index contributed by atoms with van der Waals surface area (Å²) in [5, 5.41) is 11.7. The third kappa shape index (κ3) is 4.44. The van der Waals surface area contributed by atoms with Gasteiger partial charge in [-0.15, -0.1) is 11.3 Å². The minimum absolute atomic E-state index is 0.0826. The van der Waals surface area contributed by atoms with Gasteiger partial charge in [-0.25, -0.2) is 4.98 Å². The maximum Gasteiger partial charge on any atom is 0.269 e. The summed E-state index contributed by atoms with van der Waals surface area (Å²) in [6.07, 6.45) is 5.37. The highest BCUT2D eigenvalue weighted by Crippen LogP contribution is 2.31. The first-order valence-electron chi connectivity index (χ1n) is 9.01. The normalized spacial score (nSPS) is 11.6. The molecular weight excluding hydrogens is 382 g/mol. The first kappa shape index (κ1) is 18.7. The predicted octanol–water partition coefficient (Wildman–Crippen LogP) is 6.60. The van der Waals surface area contributed by atoms with Crippen molar-refractivity contribution >= 4 is 45.2 Å². The number of aryl methyl sites for hydroxylation is 1. The molecule has 0 aliphatic rings. The lowest BCUT2D eigenvalue weighted by molar-refractivity contribution is -0.384. The molecule has 0 saturated heterocycles. The Morgan fingerprint density at radius 2 is 1.79 bits per heavy atom. The average molecular weight is 399 g/mol. The first-order chi connectivity index (χ1) is 14.1. The summed E-state index contributed by atoms with van der Waals surface area (Å²) in [4.78, 5) is 19.4. The van der Waals surface area contributed by atoms with Gasteiger partial charge in [0, 0.05) is 23.9 Å². The molecular formula is C23H17N3O2S. The minimum Gasteiger partial charge on any atom is -0.258 e. The van der Waals surface area contributed by atoms with Crippen LogP contribution in [0.5, 0.6) is 0 Å². The van der Waals surface area contributed by atoms with E-state index in [4.69, 9.17) is 4.98 Å². The van der Waals surface area contributed by atoms with Crippen molar-refractivity contribution in [3.8, 4) is 10.6 Å². The molecule has 0 spiro atoms. The second kappa shape index (κ2) is 8.16. The number of nitro groups is 1. The van der Waals surface area contributed by atoms with Crippen LogP contribution in [-0.2, 0) is 0 Å². The average Bonchev–Trinajstić information content (AvgIpc) is 3.15. The van der Waals surface area contributed by atoms with Crippen LogP contribution in [0.4, 0.5) is 11.4 Å². The lowest BCUT2D eigenvalue weighted by atomic mass is 10.2. The van der Waals surface area contributed by atoms with Gasteiger partial charge in [0.15, 0.2) is 0 Å². The Balaban J connectivity index is 1.43. The Morgan fingerprint density at radius 3 is 2.52 bits per heavy atom.